The third-order valence-corrected chi connectivity index (χ3v) is 8.04. The van der Waals surface area contributed by atoms with Crippen molar-refractivity contribution >= 4 is 23.4 Å². The van der Waals surface area contributed by atoms with E-state index in [1.165, 1.54) is 6.26 Å². The summed E-state index contributed by atoms with van der Waals surface area (Å²) < 4.78 is 19.5. The molecule has 0 radical (unpaired) electrons. The zero-order chi connectivity index (χ0) is 14.7. The maximum absolute atomic E-state index is 13.8. The second-order valence-corrected chi connectivity index (χ2v) is 9.54. The summed E-state index contributed by atoms with van der Waals surface area (Å²) in [6.45, 7) is 8.17. The van der Waals surface area contributed by atoms with Gasteiger partial charge in [0.2, 0.25) is 0 Å². The molecule has 2 N–H and O–H groups in total. The van der Waals surface area contributed by atoms with E-state index in [4.69, 9.17) is 10.2 Å². The van der Waals surface area contributed by atoms with Gasteiger partial charge in [0, 0.05) is 16.4 Å². The van der Waals surface area contributed by atoms with Gasteiger partial charge < -0.3 is 14.7 Å². The van der Waals surface area contributed by atoms with Crippen molar-refractivity contribution in [2.75, 3.05) is 5.73 Å². The fourth-order valence-electron chi connectivity index (χ4n) is 3.22. The van der Waals surface area contributed by atoms with Crippen LogP contribution in [0.3, 0.4) is 0 Å². The Morgan fingerprint density at radius 1 is 1.25 bits per heavy atom. The summed E-state index contributed by atoms with van der Waals surface area (Å²) in [6.07, 6.45) is 1.54. The van der Waals surface area contributed by atoms with Crippen LogP contribution in [-0.4, -0.2) is 5.66 Å². The van der Waals surface area contributed by atoms with Gasteiger partial charge in [0.25, 0.3) is 0 Å². The molecular formula is C16H20NO2P. The van der Waals surface area contributed by atoms with Gasteiger partial charge in [0.1, 0.15) is 12.0 Å². The highest BCUT2D eigenvalue weighted by molar-refractivity contribution is 7.79. The lowest BCUT2D eigenvalue weighted by molar-refractivity contribution is 0.432. The van der Waals surface area contributed by atoms with Crippen molar-refractivity contribution in [2.24, 2.45) is 0 Å². The first kappa shape index (κ1) is 13.5. The van der Waals surface area contributed by atoms with E-state index in [1.807, 2.05) is 38.1 Å². The first-order valence-electron chi connectivity index (χ1n) is 6.89. The fourth-order valence-corrected chi connectivity index (χ4v) is 6.63. The van der Waals surface area contributed by atoms with Crippen molar-refractivity contribution in [3.05, 3.63) is 41.9 Å². The Hall–Kier alpha value is -1.47. The summed E-state index contributed by atoms with van der Waals surface area (Å²) >= 11 is 0. The largest absolute Gasteiger partial charge is 0.465 e. The summed E-state index contributed by atoms with van der Waals surface area (Å²) in [5, 5.41) is 1.66. The van der Waals surface area contributed by atoms with Crippen LogP contribution < -0.4 is 16.3 Å². The monoisotopic (exact) mass is 289 g/mol. The van der Waals surface area contributed by atoms with E-state index >= 15 is 0 Å². The SMILES string of the molecule is CC(C)P1(=O)c2ccccc2C(C)(C)c2occ(N)c21. The molecule has 3 nitrogen and oxygen atoms in total. The predicted molar refractivity (Wildman–Crippen MR) is 83.7 cm³/mol. The van der Waals surface area contributed by atoms with E-state index < -0.39 is 7.14 Å². The van der Waals surface area contributed by atoms with Gasteiger partial charge in [-0.15, -0.1) is 0 Å². The number of nitrogen functional groups attached to an aromatic ring is 1. The lowest BCUT2D eigenvalue weighted by atomic mass is 9.82. The number of benzene rings is 1. The quantitative estimate of drug-likeness (QED) is 0.820. The van der Waals surface area contributed by atoms with Crippen LogP contribution in [0.4, 0.5) is 5.69 Å². The second kappa shape index (κ2) is 4.02. The van der Waals surface area contributed by atoms with Gasteiger partial charge in [0.05, 0.1) is 11.0 Å². The number of fused-ring (bicyclic) bond motifs is 2. The molecule has 1 aromatic heterocycles. The summed E-state index contributed by atoms with van der Waals surface area (Å²) in [7, 11) is -2.75. The Morgan fingerprint density at radius 3 is 2.55 bits per heavy atom. The second-order valence-electron chi connectivity index (χ2n) is 6.26. The molecule has 0 amide bonds. The minimum absolute atomic E-state index is 0.00148. The summed E-state index contributed by atoms with van der Waals surface area (Å²) in [6, 6.07) is 7.97. The number of rotatable bonds is 1. The van der Waals surface area contributed by atoms with E-state index in [2.05, 4.69) is 13.8 Å². The average Bonchev–Trinajstić information content (AvgIpc) is 2.80. The normalized spacial score (nSPS) is 23.4. The molecule has 1 unspecified atom stereocenters. The lowest BCUT2D eigenvalue weighted by Crippen LogP contribution is -2.41. The lowest BCUT2D eigenvalue weighted by Gasteiger charge is -2.37. The highest BCUT2D eigenvalue weighted by Gasteiger charge is 2.48. The molecule has 0 saturated heterocycles. The summed E-state index contributed by atoms with van der Waals surface area (Å²) in [5.41, 5.74) is 7.37. The number of nitrogens with two attached hydrogens (primary N) is 1. The van der Waals surface area contributed by atoms with E-state index in [1.54, 1.807) is 0 Å². The number of hydrogen-bond donors (Lipinski definition) is 1. The first-order chi connectivity index (χ1) is 9.31. The van der Waals surface area contributed by atoms with Crippen LogP contribution >= 0.6 is 7.14 Å². The van der Waals surface area contributed by atoms with Crippen LogP contribution in [-0.2, 0) is 9.98 Å². The molecule has 3 rings (SSSR count). The van der Waals surface area contributed by atoms with Crippen molar-refractivity contribution in [1.82, 2.24) is 0 Å². The van der Waals surface area contributed by atoms with Crippen molar-refractivity contribution in [3.63, 3.8) is 0 Å². The molecule has 1 aliphatic heterocycles. The smallest absolute Gasteiger partial charge is 0.151 e. The third kappa shape index (κ3) is 1.44. The summed E-state index contributed by atoms with van der Waals surface area (Å²) in [5.74, 6) is 0.755. The molecule has 20 heavy (non-hydrogen) atoms. The first-order valence-corrected chi connectivity index (χ1v) is 8.66. The molecule has 0 aliphatic carbocycles. The van der Waals surface area contributed by atoms with Gasteiger partial charge in [-0.25, -0.2) is 0 Å². The van der Waals surface area contributed by atoms with Gasteiger partial charge in [-0.3, -0.25) is 0 Å². The van der Waals surface area contributed by atoms with Gasteiger partial charge in [-0.1, -0.05) is 38.1 Å². The standard InChI is InChI=1S/C16H20NO2P/c1-10(2)20(18)13-8-6-5-7-11(13)16(3,4)15-14(20)12(17)9-19-15/h5-10H,17H2,1-4H3. The van der Waals surface area contributed by atoms with Gasteiger partial charge in [0.15, 0.2) is 7.14 Å². The Kier molecular flexibility index (Phi) is 2.71. The van der Waals surface area contributed by atoms with Crippen molar-refractivity contribution in [3.8, 4) is 0 Å². The molecule has 2 heterocycles. The van der Waals surface area contributed by atoms with Crippen molar-refractivity contribution in [1.29, 1.82) is 0 Å². The minimum Gasteiger partial charge on any atom is -0.465 e. The van der Waals surface area contributed by atoms with Crippen molar-refractivity contribution in [2.45, 2.75) is 38.8 Å². The van der Waals surface area contributed by atoms with Crippen LogP contribution in [0.25, 0.3) is 0 Å². The topological polar surface area (TPSA) is 56.2 Å². The number of anilines is 1. The highest BCUT2D eigenvalue weighted by Crippen LogP contribution is 2.57. The minimum atomic E-state index is -2.75. The Morgan fingerprint density at radius 2 is 1.90 bits per heavy atom. The van der Waals surface area contributed by atoms with E-state index in [9.17, 15) is 4.57 Å². The van der Waals surface area contributed by atoms with Crippen LogP contribution in [0.2, 0.25) is 0 Å². The molecule has 2 aromatic rings. The summed E-state index contributed by atoms with van der Waals surface area (Å²) in [4.78, 5) is 0. The van der Waals surface area contributed by atoms with Crippen molar-refractivity contribution < 1.29 is 8.98 Å². The van der Waals surface area contributed by atoms with Gasteiger partial charge >= 0.3 is 0 Å². The average molecular weight is 289 g/mol. The fraction of sp³-hybridized carbons (Fsp3) is 0.375. The molecule has 1 aliphatic rings. The number of hydrogen-bond acceptors (Lipinski definition) is 3. The molecule has 106 valence electrons. The molecule has 1 aromatic carbocycles. The highest BCUT2D eigenvalue weighted by atomic mass is 31.2. The molecule has 0 fully saturated rings. The molecule has 4 heteroatoms. The molecular weight excluding hydrogens is 269 g/mol. The Bertz CT molecular complexity index is 728. The van der Waals surface area contributed by atoms with Crippen LogP contribution in [0, 0.1) is 0 Å². The molecule has 1 atom stereocenters. The van der Waals surface area contributed by atoms with Crippen LogP contribution in [0.5, 0.6) is 0 Å². The van der Waals surface area contributed by atoms with Gasteiger partial charge in [-0.05, 0) is 19.4 Å². The maximum Gasteiger partial charge on any atom is 0.151 e. The molecule has 0 saturated carbocycles. The van der Waals surface area contributed by atoms with E-state index in [0.717, 1.165) is 21.9 Å². The predicted octanol–water partition coefficient (Wildman–Crippen LogP) is 3.22. The molecule has 0 spiro atoms. The molecule has 0 bridgehead atoms. The van der Waals surface area contributed by atoms with E-state index in [0.29, 0.717) is 5.69 Å². The number of furan rings is 1. The zero-order valence-corrected chi connectivity index (χ0v) is 13.2. The zero-order valence-electron chi connectivity index (χ0n) is 12.3. The third-order valence-electron chi connectivity index (χ3n) is 4.35. The maximum atomic E-state index is 13.8. The Labute approximate surface area is 119 Å². The van der Waals surface area contributed by atoms with Crippen LogP contribution in [0.15, 0.2) is 34.9 Å². The van der Waals surface area contributed by atoms with E-state index in [-0.39, 0.29) is 11.1 Å². The Balaban J connectivity index is 2.48. The van der Waals surface area contributed by atoms with Gasteiger partial charge in [-0.2, -0.15) is 0 Å². The van der Waals surface area contributed by atoms with Crippen LogP contribution in [0.1, 0.15) is 39.0 Å².